The van der Waals surface area contributed by atoms with Crippen LogP contribution in [0.25, 0.3) is 10.2 Å². The number of aromatic amines is 1. The third kappa shape index (κ3) is 4.98. The van der Waals surface area contributed by atoms with Gasteiger partial charge >= 0.3 is 0 Å². The van der Waals surface area contributed by atoms with Crippen LogP contribution in [0.2, 0.25) is 0 Å². The van der Waals surface area contributed by atoms with E-state index >= 15 is 0 Å². The Morgan fingerprint density at radius 1 is 1.25 bits per heavy atom. The molecule has 1 amide bonds. The molecular weight excluding hydrogens is 396 g/mol. The summed E-state index contributed by atoms with van der Waals surface area (Å²) >= 11 is 1.51. The highest BCUT2D eigenvalue weighted by molar-refractivity contribution is 7.18. The van der Waals surface area contributed by atoms with Gasteiger partial charge in [-0.1, -0.05) is 25.1 Å². The number of carbonyl (C=O) groups is 1. The van der Waals surface area contributed by atoms with Crippen LogP contribution >= 0.6 is 23.7 Å². The molecule has 0 fully saturated rings. The molecule has 1 aromatic carbocycles. The molecule has 0 radical (unpaired) electrons. The first-order valence-electron chi connectivity index (χ1n) is 9.07. The summed E-state index contributed by atoms with van der Waals surface area (Å²) < 4.78 is 0. The molecule has 0 bridgehead atoms. The van der Waals surface area contributed by atoms with Crippen molar-refractivity contribution in [1.29, 1.82) is 0 Å². The van der Waals surface area contributed by atoms with Crippen molar-refractivity contribution in [3.63, 3.8) is 0 Å². The van der Waals surface area contributed by atoms with Gasteiger partial charge in [-0.15, -0.1) is 23.7 Å². The lowest BCUT2D eigenvalue weighted by molar-refractivity contribution is -0.116. The van der Waals surface area contributed by atoms with Crippen molar-refractivity contribution in [1.82, 2.24) is 15.3 Å². The number of hydrogen-bond donors (Lipinski definition) is 3. The zero-order valence-electron chi connectivity index (χ0n) is 16.2. The van der Waals surface area contributed by atoms with Gasteiger partial charge in [0.05, 0.1) is 5.39 Å². The lowest BCUT2D eigenvalue weighted by atomic mass is 10.1. The second-order valence-corrected chi connectivity index (χ2v) is 7.66. The van der Waals surface area contributed by atoms with E-state index in [2.05, 4.69) is 20.6 Å². The number of nitrogens with one attached hydrogen (secondary N) is 3. The maximum atomic E-state index is 12.4. The third-order valence-electron chi connectivity index (χ3n) is 4.53. The summed E-state index contributed by atoms with van der Waals surface area (Å²) in [5.41, 5.74) is 2.70. The van der Waals surface area contributed by atoms with Gasteiger partial charge in [-0.25, -0.2) is 4.98 Å². The average Bonchev–Trinajstić information content (AvgIpc) is 2.93. The molecule has 2 heterocycles. The quantitative estimate of drug-likeness (QED) is 0.543. The number of rotatable bonds is 7. The lowest BCUT2D eigenvalue weighted by Gasteiger charge is -2.11. The summed E-state index contributed by atoms with van der Waals surface area (Å²) in [7, 11) is 0. The minimum atomic E-state index is -0.131. The standard InChI is InChI=1S/C20H24N4O2S.ClH/c1-4-21-11-14-7-5-6-8-15(14)22-17(25)10-9-16-23-19(26)18-12(2)13(3)27-20(18)24-16;/h5-8,21H,4,9-11H2,1-3H3,(H,22,25)(H,23,24,26);1H. The number of amides is 1. The molecule has 0 aliphatic carbocycles. The summed E-state index contributed by atoms with van der Waals surface area (Å²) in [6.45, 7) is 7.53. The molecule has 0 aliphatic heterocycles. The second-order valence-electron chi connectivity index (χ2n) is 6.46. The molecular formula is C20H25ClN4O2S. The van der Waals surface area contributed by atoms with Gasteiger partial charge in [0.2, 0.25) is 5.91 Å². The van der Waals surface area contributed by atoms with Gasteiger partial charge in [-0.2, -0.15) is 0 Å². The lowest BCUT2D eigenvalue weighted by Crippen LogP contribution is -2.18. The van der Waals surface area contributed by atoms with Gasteiger partial charge in [0.25, 0.3) is 5.56 Å². The fourth-order valence-electron chi connectivity index (χ4n) is 2.92. The molecule has 3 N–H and O–H groups in total. The van der Waals surface area contributed by atoms with Crippen LogP contribution in [0.4, 0.5) is 5.69 Å². The highest BCUT2D eigenvalue weighted by Gasteiger charge is 2.13. The number of anilines is 1. The third-order valence-corrected chi connectivity index (χ3v) is 5.64. The van der Waals surface area contributed by atoms with E-state index in [1.54, 1.807) is 0 Å². The number of fused-ring (bicyclic) bond motifs is 1. The van der Waals surface area contributed by atoms with Gasteiger partial charge in [-0.3, -0.25) is 9.59 Å². The molecule has 3 aromatic rings. The summed E-state index contributed by atoms with van der Waals surface area (Å²) in [4.78, 5) is 33.9. The van der Waals surface area contributed by atoms with E-state index in [9.17, 15) is 9.59 Å². The van der Waals surface area contributed by atoms with Crippen LogP contribution in [0.15, 0.2) is 29.1 Å². The zero-order valence-corrected chi connectivity index (χ0v) is 17.9. The van der Waals surface area contributed by atoms with Crippen molar-refractivity contribution in [2.24, 2.45) is 0 Å². The number of nitrogens with zero attached hydrogens (tertiary/aromatic N) is 1. The largest absolute Gasteiger partial charge is 0.326 e. The Hall–Kier alpha value is -2.22. The Morgan fingerprint density at radius 3 is 2.75 bits per heavy atom. The van der Waals surface area contributed by atoms with Crippen LogP contribution in [-0.4, -0.2) is 22.4 Å². The van der Waals surface area contributed by atoms with E-state index in [0.29, 0.717) is 24.2 Å². The fraction of sp³-hybridized carbons (Fsp3) is 0.350. The van der Waals surface area contributed by atoms with E-state index in [1.807, 2.05) is 45.0 Å². The van der Waals surface area contributed by atoms with Crippen LogP contribution in [0, 0.1) is 13.8 Å². The van der Waals surface area contributed by atoms with Crippen molar-refractivity contribution in [3.8, 4) is 0 Å². The maximum Gasteiger partial charge on any atom is 0.259 e. The van der Waals surface area contributed by atoms with Crippen LogP contribution in [0.5, 0.6) is 0 Å². The first kappa shape index (κ1) is 22.1. The molecule has 2 aromatic heterocycles. The van der Waals surface area contributed by atoms with Crippen molar-refractivity contribution in [2.75, 3.05) is 11.9 Å². The Kier molecular flexibility index (Phi) is 7.74. The normalized spacial score (nSPS) is 10.7. The average molecular weight is 421 g/mol. The molecule has 0 spiro atoms. The molecule has 0 unspecified atom stereocenters. The predicted octanol–water partition coefficient (Wildman–Crippen LogP) is 3.70. The number of halogens is 1. The molecule has 150 valence electrons. The minimum Gasteiger partial charge on any atom is -0.326 e. The molecule has 0 aliphatic rings. The molecule has 0 saturated carbocycles. The zero-order chi connectivity index (χ0) is 19.4. The smallest absolute Gasteiger partial charge is 0.259 e. The summed E-state index contributed by atoms with van der Waals surface area (Å²) in [5.74, 6) is 0.449. The number of aromatic nitrogens is 2. The van der Waals surface area contributed by atoms with Gasteiger partial charge in [0.1, 0.15) is 10.7 Å². The SMILES string of the molecule is CCNCc1ccccc1NC(=O)CCc1nc2sc(C)c(C)c2c(=O)[nH]1.Cl. The maximum absolute atomic E-state index is 12.4. The number of thiophene rings is 1. The Morgan fingerprint density at radius 2 is 2.00 bits per heavy atom. The Bertz CT molecular complexity index is 1030. The molecule has 0 saturated heterocycles. The summed E-state index contributed by atoms with van der Waals surface area (Å²) in [6.07, 6.45) is 0.649. The highest BCUT2D eigenvalue weighted by Crippen LogP contribution is 2.25. The van der Waals surface area contributed by atoms with Crippen molar-refractivity contribution in [2.45, 2.75) is 40.2 Å². The molecule has 28 heavy (non-hydrogen) atoms. The number of hydrogen-bond acceptors (Lipinski definition) is 5. The van der Waals surface area contributed by atoms with Gasteiger partial charge in [-0.05, 0) is 37.6 Å². The molecule has 6 nitrogen and oxygen atoms in total. The van der Waals surface area contributed by atoms with Gasteiger partial charge in [0, 0.05) is 30.0 Å². The van der Waals surface area contributed by atoms with Crippen molar-refractivity contribution in [3.05, 3.63) is 56.4 Å². The predicted molar refractivity (Wildman–Crippen MR) is 118 cm³/mol. The molecule has 3 rings (SSSR count). The van der Waals surface area contributed by atoms with Crippen LogP contribution < -0.4 is 16.2 Å². The van der Waals surface area contributed by atoms with E-state index in [-0.39, 0.29) is 30.3 Å². The van der Waals surface area contributed by atoms with E-state index in [1.165, 1.54) is 11.3 Å². The number of para-hydroxylation sites is 1. The topological polar surface area (TPSA) is 86.9 Å². The monoisotopic (exact) mass is 420 g/mol. The summed E-state index contributed by atoms with van der Waals surface area (Å²) in [5, 5.41) is 6.88. The van der Waals surface area contributed by atoms with Crippen LogP contribution in [0.1, 0.15) is 35.2 Å². The van der Waals surface area contributed by atoms with Gasteiger partial charge in [0.15, 0.2) is 0 Å². The number of aryl methyl sites for hydroxylation is 3. The number of carbonyl (C=O) groups excluding carboxylic acids is 1. The fourth-order valence-corrected chi connectivity index (χ4v) is 3.97. The minimum absolute atomic E-state index is 0. The number of H-pyrrole nitrogens is 1. The van der Waals surface area contributed by atoms with Crippen LogP contribution in [0.3, 0.4) is 0 Å². The molecule has 0 atom stereocenters. The molecule has 8 heteroatoms. The van der Waals surface area contributed by atoms with Crippen molar-refractivity contribution < 1.29 is 4.79 Å². The van der Waals surface area contributed by atoms with Crippen molar-refractivity contribution >= 4 is 45.6 Å². The number of benzene rings is 1. The highest BCUT2D eigenvalue weighted by atomic mass is 35.5. The van der Waals surface area contributed by atoms with E-state index in [0.717, 1.165) is 33.1 Å². The summed E-state index contributed by atoms with van der Waals surface area (Å²) in [6, 6.07) is 7.75. The first-order valence-corrected chi connectivity index (χ1v) is 9.88. The van der Waals surface area contributed by atoms with E-state index in [4.69, 9.17) is 0 Å². The Balaban J connectivity index is 0.00000280. The van der Waals surface area contributed by atoms with Gasteiger partial charge < -0.3 is 15.6 Å². The Labute approximate surface area is 174 Å². The second kappa shape index (κ2) is 9.82. The van der Waals surface area contributed by atoms with Crippen LogP contribution in [-0.2, 0) is 17.8 Å². The van der Waals surface area contributed by atoms with E-state index < -0.39 is 0 Å². The first-order chi connectivity index (χ1) is 13.0.